The molecule has 0 aliphatic carbocycles. The van der Waals surface area contributed by atoms with Crippen molar-refractivity contribution in [1.29, 1.82) is 0 Å². The minimum absolute atomic E-state index is 0.00826. The van der Waals surface area contributed by atoms with Crippen molar-refractivity contribution >= 4 is 33.1 Å². The van der Waals surface area contributed by atoms with Gasteiger partial charge in [0.2, 0.25) is 5.91 Å². The summed E-state index contributed by atoms with van der Waals surface area (Å²) in [5, 5.41) is 8.51. The van der Waals surface area contributed by atoms with Crippen molar-refractivity contribution in [3.05, 3.63) is 70.5 Å². The maximum absolute atomic E-state index is 12.3. The van der Waals surface area contributed by atoms with Crippen LogP contribution in [0.5, 0.6) is 0 Å². The van der Waals surface area contributed by atoms with Crippen LogP contribution in [0, 0.1) is 20.8 Å². The van der Waals surface area contributed by atoms with E-state index in [1.807, 2.05) is 55.8 Å². The van der Waals surface area contributed by atoms with Crippen molar-refractivity contribution in [3.63, 3.8) is 0 Å². The number of nitrogens with one attached hydrogen (secondary N) is 1. The monoisotopic (exact) mass is 390 g/mol. The lowest BCUT2D eigenvalue weighted by molar-refractivity contribution is -0.116. The summed E-state index contributed by atoms with van der Waals surface area (Å²) in [6, 6.07) is 16.1. The molecular formula is C22H22N4OS. The van der Waals surface area contributed by atoms with E-state index in [4.69, 9.17) is 0 Å². The zero-order chi connectivity index (χ0) is 19.7. The summed E-state index contributed by atoms with van der Waals surface area (Å²) in [6.45, 7) is 6.02. The molecule has 0 atom stereocenters. The summed E-state index contributed by atoms with van der Waals surface area (Å²) in [7, 11) is 0. The van der Waals surface area contributed by atoms with Crippen LogP contribution in [0.2, 0.25) is 0 Å². The van der Waals surface area contributed by atoms with Gasteiger partial charge in [-0.05, 0) is 69.2 Å². The molecule has 0 aliphatic rings. The summed E-state index contributed by atoms with van der Waals surface area (Å²) in [5.74, 6) is 0.00826. The number of carbonyl (C=O) groups excluding carboxylic acids is 1. The molecule has 4 aromatic rings. The minimum atomic E-state index is 0.00826. The lowest BCUT2D eigenvalue weighted by Crippen LogP contribution is -2.12. The van der Waals surface area contributed by atoms with Crippen LogP contribution in [-0.4, -0.2) is 20.7 Å². The Morgan fingerprint density at radius 3 is 2.57 bits per heavy atom. The number of amides is 1. The third-order valence-corrected chi connectivity index (χ3v) is 5.56. The number of anilines is 1. The van der Waals surface area contributed by atoms with E-state index in [1.165, 1.54) is 0 Å². The average molecular weight is 391 g/mol. The van der Waals surface area contributed by atoms with E-state index in [9.17, 15) is 4.79 Å². The van der Waals surface area contributed by atoms with Crippen LogP contribution in [0.3, 0.4) is 0 Å². The van der Waals surface area contributed by atoms with Gasteiger partial charge < -0.3 is 5.32 Å². The fraction of sp³-hybridized carbons (Fsp3) is 0.227. The van der Waals surface area contributed by atoms with Gasteiger partial charge in [-0.1, -0.05) is 12.1 Å². The highest BCUT2D eigenvalue weighted by molar-refractivity contribution is 7.18. The van der Waals surface area contributed by atoms with E-state index in [2.05, 4.69) is 33.6 Å². The van der Waals surface area contributed by atoms with Gasteiger partial charge in [0.25, 0.3) is 0 Å². The first-order valence-corrected chi connectivity index (χ1v) is 10.1. The van der Waals surface area contributed by atoms with Gasteiger partial charge in [-0.2, -0.15) is 5.10 Å². The van der Waals surface area contributed by atoms with Crippen LogP contribution in [-0.2, 0) is 11.2 Å². The predicted molar refractivity (Wildman–Crippen MR) is 114 cm³/mol. The first-order chi connectivity index (χ1) is 13.5. The maximum Gasteiger partial charge on any atom is 0.224 e. The van der Waals surface area contributed by atoms with Gasteiger partial charge >= 0.3 is 0 Å². The fourth-order valence-electron chi connectivity index (χ4n) is 3.30. The number of hydrogen-bond acceptors (Lipinski definition) is 4. The Hall–Kier alpha value is -2.99. The van der Waals surface area contributed by atoms with Gasteiger partial charge in [-0.3, -0.25) is 4.79 Å². The van der Waals surface area contributed by atoms with Crippen LogP contribution in [0.1, 0.15) is 28.4 Å². The highest BCUT2D eigenvalue weighted by Gasteiger charge is 2.07. The summed E-state index contributed by atoms with van der Waals surface area (Å²) in [5.41, 5.74) is 6.00. The molecule has 6 heteroatoms. The van der Waals surface area contributed by atoms with Crippen molar-refractivity contribution in [2.45, 2.75) is 33.6 Å². The van der Waals surface area contributed by atoms with Crippen molar-refractivity contribution < 1.29 is 4.79 Å². The number of hydrogen-bond donors (Lipinski definition) is 1. The molecule has 0 aliphatic heterocycles. The topological polar surface area (TPSA) is 59.8 Å². The van der Waals surface area contributed by atoms with E-state index >= 15 is 0 Å². The Morgan fingerprint density at radius 1 is 1.07 bits per heavy atom. The third-order valence-electron chi connectivity index (χ3n) is 4.61. The summed E-state index contributed by atoms with van der Waals surface area (Å²) >= 11 is 1.66. The first kappa shape index (κ1) is 18.4. The van der Waals surface area contributed by atoms with E-state index < -0.39 is 0 Å². The van der Waals surface area contributed by atoms with E-state index in [0.717, 1.165) is 43.6 Å². The lowest BCUT2D eigenvalue weighted by atomic mass is 10.1. The number of carbonyl (C=O) groups is 1. The third kappa shape index (κ3) is 3.97. The Balaban J connectivity index is 1.36. The second kappa shape index (κ2) is 7.56. The van der Waals surface area contributed by atoms with Crippen molar-refractivity contribution in [1.82, 2.24) is 14.8 Å². The molecule has 2 aromatic heterocycles. The minimum Gasteiger partial charge on any atom is -0.326 e. The zero-order valence-corrected chi connectivity index (χ0v) is 17.0. The first-order valence-electron chi connectivity index (χ1n) is 9.27. The largest absolute Gasteiger partial charge is 0.326 e. The Bertz CT molecular complexity index is 1140. The molecule has 1 amide bonds. The normalized spacial score (nSPS) is 11.1. The van der Waals surface area contributed by atoms with Crippen molar-refractivity contribution in [2.75, 3.05) is 5.32 Å². The number of aryl methyl sites for hydroxylation is 4. The SMILES string of the molecule is Cc1cc(C)n(-c2ccc(CCC(=O)Nc3ccc4sc(C)nc4c3)cc2)n1. The molecule has 2 heterocycles. The Kier molecular flexibility index (Phi) is 4.96. The second-order valence-corrected chi connectivity index (χ2v) is 8.20. The summed E-state index contributed by atoms with van der Waals surface area (Å²) < 4.78 is 3.07. The molecule has 0 bridgehead atoms. The number of rotatable bonds is 5. The Morgan fingerprint density at radius 2 is 1.86 bits per heavy atom. The molecule has 5 nitrogen and oxygen atoms in total. The molecule has 0 fully saturated rings. The number of thiazole rings is 1. The lowest BCUT2D eigenvalue weighted by Gasteiger charge is -2.07. The molecular weight excluding hydrogens is 368 g/mol. The smallest absolute Gasteiger partial charge is 0.224 e. The summed E-state index contributed by atoms with van der Waals surface area (Å²) in [6.07, 6.45) is 1.13. The van der Waals surface area contributed by atoms with E-state index in [-0.39, 0.29) is 5.91 Å². The number of fused-ring (bicyclic) bond motifs is 1. The highest BCUT2D eigenvalue weighted by Crippen LogP contribution is 2.24. The molecule has 142 valence electrons. The maximum atomic E-state index is 12.3. The highest BCUT2D eigenvalue weighted by atomic mass is 32.1. The fourth-order valence-corrected chi connectivity index (χ4v) is 4.10. The molecule has 1 N–H and O–H groups in total. The number of benzene rings is 2. The molecule has 0 unspecified atom stereocenters. The molecule has 4 rings (SSSR count). The quantitative estimate of drug-likeness (QED) is 0.523. The Labute approximate surface area is 168 Å². The average Bonchev–Trinajstić information content (AvgIpc) is 3.20. The van der Waals surface area contributed by atoms with E-state index in [1.54, 1.807) is 11.3 Å². The predicted octanol–water partition coefficient (Wildman–Crippen LogP) is 4.98. The second-order valence-electron chi connectivity index (χ2n) is 6.97. The van der Waals surface area contributed by atoms with Crippen molar-refractivity contribution in [2.24, 2.45) is 0 Å². The zero-order valence-electron chi connectivity index (χ0n) is 16.2. The van der Waals surface area contributed by atoms with Gasteiger partial charge in [-0.15, -0.1) is 11.3 Å². The number of aromatic nitrogens is 3. The molecule has 0 saturated heterocycles. The van der Waals surface area contributed by atoms with Gasteiger partial charge in [-0.25, -0.2) is 9.67 Å². The standard InChI is InChI=1S/C22H22N4OS/c1-14-12-15(2)26(25-14)19-8-4-17(5-9-19)6-11-22(27)24-18-7-10-21-20(13-18)23-16(3)28-21/h4-5,7-10,12-13H,6,11H2,1-3H3,(H,24,27). The summed E-state index contributed by atoms with van der Waals surface area (Å²) in [4.78, 5) is 16.8. The van der Waals surface area contributed by atoms with E-state index in [0.29, 0.717) is 12.8 Å². The van der Waals surface area contributed by atoms with Gasteiger partial charge in [0.15, 0.2) is 0 Å². The van der Waals surface area contributed by atoms with Crippen molar-refractivity contribution in [3.8, 4) is 5.69 Å². The van der Waals surface area contributed by atoms with Crippen LogP contribution in [0.15, 0.2) is 48.5 Å². The van der Waals surface area contributed by atoms with Crippen LogP contribution >= 0.6 is 11.3 Å². The van der Waals surface area contributed by atoms with Gasteiger partial charge in [0.05, 0.1) is 26.6 Å². The van der Waals surface area contributed by atoms with Gasteiger partial charge in [0, 0.05) is 17.8 Å². The van der Waals surface area contributed by atoms with Crippen LogP contribution < -0.4 is 5.32 Å². The van der Waals surface area contributed by atoms with Crippen LogP contribution in [0.4, 0.5) is 5.69 Å². The molecule has 28 heavy (non-hydrogen) atoms. The molecule has 0 spiro atoms. The molecule has 0 saturated carbocycles. The van der Waals surface area contributed by atoms with Crippen LogP contribution in [0.25, 0.3) is 15.9 Å². The number of nitrogens with zero attached hydrogens (tertiary/aromatic N) is 3. The molecule has 2 aromatic carbocycles. The van der Waals surface area contributed by atoms with Gasteiger partial charge in [0.1, 0.15) is 0 Å². The molecule has 0 radical (unpaired) electrons.